The van der Waals surface area contributed by atoms with Crippen LogP contribution in [0.25, 0.3) is 22.4 Å². The van der Waals surface area contributed by atoms with Crippen LogP contribution in [-0.4, -0.2) is 17.8 Å². The van der Waals surface area contributed by atoms with E-state index in [1.54, 1.807) is 13.0 Å². The number of oxime groups is 1. The zero-order valence-corrected chi connectivity index (χ0v) is 14.8. The van der Waals surface area contributed by atoms with Gasteiger partial charge in [0.05, 0.1) is 17.0 Å². The van der Waals surface area contributed by atoms with Crippen LogP contribution in [0.4, 0.5) is 13.2 Å². The maximum absolute atomic E-state index is 12.8. The van der Waals surface area contributed by atoms with Gasteiger partial charge in [-0.3, -0.25) is 0 Å². The van der Waals surface area contributed by atoms with E-state index in [0.29, 0.717) is 22.7 Å². The molecule has 3 rings (SSSR count). The molecule has 0 aliphatic carbocycles. The van der Waals surface area contributed by atoms with E-state index in [2.05, 4.69) is 10.1 Å². The zero-order valence-electron chi connectivity index (χ0n) is 14.8. The summed E-state index contributed by atoms with van der Waals surface area (Å²) in [5, 5.41) is 3.90. The monoisotopic (exact) mass is 370 g/mol. The zero-order chi connectivity index (χ0) is 19.4. The van der Waals surface area contributed by atoms with E-state index < -0.39 is 11.7 Å². The second-order valence-electron chi connectivity index (χ2n) is 5.89. The molecule has 138 valence electrons. The smallest absolute Gasteiger partial charge is 0.399 e. The van der Waals surface area contributed by atoms with Crippen molar-refractivity contribution in [1.29, 1.82) is 0 Å². The van der Waals surface area contributed by atoms with Crippen LogP contribution >= 0.6 is 0 Å². The topological polar surface area (TPSA) is 34.5 Å². The van der Waals surface area contributed by atoms with Crippen molar-refractivity contribution in [2.75, 3.05) is 7.11 Å². The van der Waals surface area contributed by atoms with Gasteiger partial charge in [-0.2, -0.15) is 13.2 Å². The number of hydrogen-bond donors (Lipinski definition) is 0. The lowest BCUT2D eigenvalue weighted by molar-refractivity contribution is -0.137. The van der Waals surface area contributed by atoms with Gasteiger partial charge in [0, 0.05) is 11.1 Å². The summed E-state index contributed by atoms with van der Waals surface area (Å²) in [7, 11) is 1.46. The van der Waals surface area contributed by atoms with Crippen LogP contribution in [0, 0.1) is 0 Å². The van der Waals surface area contributed by atoms with E-state index in [1.165, 1.54) is 19.2 Å². The summed E-state index contributed by atoms with van der Waals surface area (Å²) in [5.74, 6) is 0. The Kier molecular flexibility index (Phi) is 5.26. The van der Waals surface area contributed by atoms with Gasteiger partial charge in [0.2, 0.25) is 0 Å². The van der Waals surface area contributed by atoms with Crippen LogP contribution in [0.1, 0.15) is 18.2 Å². The number of benzene rings is 2. The Labute approximate surface area is 155 Å². The molecule has 0 spiro atoms. The quantitative estimate of drug-likeness (QED) is 0.429. The van der Waals surface area contributed by atoms with Gasteiger partial charge in [0.1, 0.15) is 12.8 Å². The molecule has 2 aromatic carbocycles. The van der Waals surface area contributed by atoms with Crippen LogP contribution < -0.4 is 0 Å². The van der Waals surface area contributed by atoms with E-state index in [9.17, 15) is 13.2 Å². The van der Waals surface area contributed by atoms with E-state index >= 15 is 0 Å². The molecule has 1 aromatic heterocycles. The van der Waals surface area contributed by atoms with E-state index in [4.69, 9.17) is 4.84 Å². The van der Waals surface area contributed by atoms with Gasteiger partial charge in [-0.05, 0) is 36.8 Å². The van der Waals surface area contributed by atoms with Gasteiger partial charge in [0.15, 0.2) is 0 Å². The van der Waals surface area contributed by atoms with Gasteiger partial charge in [0.25, 0.3) is 0 Å². The highest BCUT2D eigenvalue weighted by Crippen LogP contribution is 2.34. The first kappa shape index (κ1) is 18.6. The number of halogens is 3. The van der Waals surface area contributed by atoms with Crippen LogP contribution in [0.5, 0.6) is 0 Å². The van der Waals surface area contributed by atoms with Gasteiger partial charge >= 0.3 is 6.18 Å². The van der Waals surface area contributed by atoms with Crippen molar-refractivity contribution in [3.63, 3.8) is 0 Å². The molecule has 1 heterocycles. The molecule has 0 aliphatic rings. The molecule has 6 heteroatoms. The van der Waals surface area contributed by atoms with Gasteiger partial charge in [-0.15, -0.1) is 0 Å². The molecule has 0 unspecified atom stereocenters. The fraction of sp³-hybridized carbons (Fsp3) is 0.143. The standard InChI is InChI=1S/C21H17F3N2O/c1-14(26-27-2)19-13-12-18(20(25-19)16-6-4-3-5-7-16)15-8-10-17(11-9-15)21(22,23)24/h3-13H,1-2H3. The molecule has 0 N–H and O–H groups in total. The molecule has 0 saturated heterocycles. The first-order valence-corrected chi connectivity index (χ1v) is 8.22. The van der Waals surface area contributed by atoms with Crippen molar-refractivity contribution in [3.05, 3.63) is 78.0 Å². The summed E-state index contributed by atoms with van der Waals surface area (Å²) in [6.45, 7) is 1.78. The van der Waals surface area contributed by atoms with Crippen molar-refractivity contribution in [2.45, 2.75) is 13.1 Å². The Balaban J connectivity index is 2.13. The Bertz CT molecular complexity index is 949. The molecule has 0 atom stereocenters. The second kappa shape index (κ2) is 7.61. The van der Waals surface area contributed by atoms with Crippen molar-refractivity contribution in [2.24, 2.45) is 5.16 Å². The maximum atomic E-state index is 12.8. The minimum atomic E-state index is -4.36. The first-order valence-electron chi connectivity index (χ1n) is 8.22. The van der Waals surface area contributed by atoms with E-state index in [1.807, 2.05) is 36.4 Å². The summed E-state index contributed by atoms with van der Waals surface area (Å²) < 4.78 is 38.5. The predicted molar refractivity (Wildman–Crippen MR) is 99.3 cm³/mol. The van der Waals surface area contributed by atoms with E-state index in [-0.39, 0.29) is 0 Å². The van der Waals surface area contributed by atoms with Gasteiger partial charge < -0.3 is 4.84 Å². The number of alkyl halides is 3. The lowest BCUT2D eigenvalue weighted by Gasteiger charge is -2.13. The summed E-state index contributed by atoms with van der Waals surface area (Å²) in [5.41, 5.74) is 3.48. The first-order chi connectivity index (χ1) is 12.9. The fourth-order valence-electron chi connectivity index (χ4n) is 2.73. The van der Waals surface area contributed by atoms with Gasteiger partial charge in [-0.25, -0.2) is 4.98 Å². The third-order valence-electron chi connectivity index (χ3n) is 4.06. The molecule has 0 fully saturated rings. The van der Waals surface area contributed by atoms with Crippen molar-refractivity contribution >= 4 is 5.71 Å². The number of nitrogens with zero attached hydrogens (tertiary/aromatic N) is 2. The highest BCUT2D eigenvalue weighted by atomic mass is 19.4. The maximum Gasteiger partial charge on any atom is 0.416 e. The summed E-state index contributed by atoms with van der Waals surface area (Å²) in [6.07, 6.45) is -4.36. The molecule has 0 amide bonds. The summed E-state index contributed by atoms with van der Waals surface area (Å²) in [4.78, 5) is 9.48. The Morgan fingerprint density at radius 1 is 0.889 bits per heavy atom. The molecule has 3 aromatic rings. The molecule has 0 radical (unpaired) electrons. The minimum absolute atomic E-state index is 0.605. The number of hydrogen-bond acceptors (Lipinski definition) is 3. The van der Waals surface area contributed by atoms with E-state index in [0.717, 1.165) is 23.3 Å². The SMILES string of the molecule is CON=C(C)c1ccc(-c2ccc(C(F)(F)F)cc2)c(-c2ccccc2)n1. The molecule has 3 nitrogen and oxygen atoms in total. The number of aromatic nitrogens is 1. The van der Waals surface area contributed by atoms with Crippen LogP contribution in [0.3, 0.4) is 0 Å². The average molecular weight is 370 g/mol. The molecular formula is C21H17F3N2O. The highest BCUT2D eigenvalue weighted by Gasteiger charge is 2.30. The molecular weight excluding hydrogens is 353 g/mol. The third kappa shape index (κ3) is 4.16. The van der Waals surface area contributed by atoms with Gasteiger partial charge in [-0.1, -0.05) is 47.6 Å². The fourth-order valence-corrected chi connectivity index (χ4v) is 2.73. The van der Waals surface area contributed by atoms with Crippen molar-refractivity contribution < 1.29 is 18.0 Å². The van der Waals surface area contributed by atoms with Crippen molar-refractivity contribution in [3.8, 4) is 22.4 Å². The normalized spacial score (nSPS) is 12.1. The molecule has 0 saturated carbocycles. The largest absolute Gasteiger partial charge is 0.416 e. The highest BCUT2D eigenvalue weighted by molar-refractivity contribution is 5.98. The van der Waals surface area contributed by atoms with Crippen LogP contribution in [0.15, 0.2) is 71.9 Å². The second-order valence-corrected chi connectivity index (χ2v) is 5.89. The number of rotatable bonds is 4. The summed E-state index contributed by atoms with van der Waals surface area (Å²) >= 11 is 0. The van der Waals surface area contributed by atoms with Crippen LogP contribution in [-0.2, 0) is 11.0 Å². The Morgan fingerprint density at radius 2 is 1.56 bits per heavy atom. The predicted octanol–water partition coefficient (Wildman–Crippen LogP) is 5.80. The van der Waals surface area contributed by atoms with Crippen LogP contribution in [0.2, 0.25) is 0 Å². The Hall–Kier alpha value is -3.15. The third-order valence-corrected chi connectivity index (χ3v) is 4.06. The lowest BCUT2D eigenvalue weighted by Crippen LogP contribution is -2.04. The minimum Gasteiger partial charge on any atom is -0.399 e. The summed E-state index contributed by atoms with van der Waals surface area (Å²) in [6, 6.07) is 18.2. The molecule has 27 heavy (non-hydrogen) atoms. The van der Waals surface area contributed by atoms with Crippen molar-refractivity contribution in [1.82, 2.24) is 4.98 Å². The number of pyridine rings is 1. The molecule has 0 bridgehead atoms. The Morgan fingerprint density at radius 3 is 2.15 bits per heavy atom. The average Bonchev–Trinajstić information content (AvgIpc) is 2.68. The molecule has 0 aliphatic heterocycles. The lowest BCUT2D eigenvalue weighted by atomic mass is 9.97.